The van der Waals surface area contributed by atoms with Crippen molar-refractivity contribution in [2.45, 2.75) is 18.9 Å². The zero-order valence-electron chi connectivity index (χ0n) is 10.4. The molecular weight excluding hydrogens is 244 g/mol. The van der Waals surface area contributed by atoms with E-state index in [1.165, 1.54) is 19.4 Å². The molecule has 2 fully saturated rings. The van der Waals surface area contributed by atoms with Gasteiger partial charge in [0.15, 0.2) is 0 Å². The van der Waals surface area contributed by atoms with Crippen LogP contribution in [0.1, 0.15) is 18.5 Å². The molecular formula is C13H18N4S. The Bertz CT molecular complexity index is 462. The van der Waals surface area contributed by atoms with Crippen LogP contribution < -0.4 is 10.6 Å². The van der Waals surface area contributed by atoms with Crippen LogP contribution in [0.25, 0.3) is 0 Å². The van der Waals surface area contributed by atoms with Crippen molar-refractivity contribution in [2.24, 2.45) is 5.73 Å². The molecule has 2 aliphatic heterocycles. The van der Waals surface area contributed by atoms with Crippen molar-refractivity contribution in [1.29, 1.82) is 0 Å². The largest absolute Gasteiger partial charge is 0.388 e. The second-order valence-electron chi connectivity index (χ2n) is 5.02. The lowest BCUT2D eigenvalue weighted by molar-refractivity contribution is 0.230. The molecule has 5 heteroatoms. The molecule has 1 aromatic rings. The Balaban J connectivity index is 1.78. The van der Waals surface area contributed by atoms with E-state index in [-0.39, 0.29) is 0 Å². The smallest absolute Gasteiger partial charge is 0.129 e. The van der Waals surface area contributed by atoms with Crippen LogP contribution >= 0.6 is 12.2 Å². The molecule has 0 aromatic carbocycles. The van der Waals surface area contributed by atoms with Crippen LogP contribution in [-0.2, 0) is 0 Å². The molecule has 2 aliphatic rings. The average Bonchev–Trinajstić information content (AvgIpc) is 2.86. The molecule has 1 atom stereocenters. The van der Waals surface area contributed by atoms with Crippen LogP contribution in [0.5, 0.6) is 0 Å². The highest BCUT2D eigenvalue weighted by Crippen LogP contribution is 2.24. The lowest BCUT2D eigenvalue weighted by atomic mass is 10.1. The van der Waals surface area contributed by atoms with Gasteiger partial charge in [-0.2, -0.15) is 0 Å². The molecule has 4 nitrogen and oxygen atoms in total. The second kappa shape index (κ2) is 4.82. The molecule has 0 aliphatic carbocycles. The predicted octanol–water partition coefficient (Wildman–Crippen LogP) is 1.00. The van der Waals surface area contributed by atoms with Gasteiger partial charge in [-0.1, -0.05) is 18.3 Å². The van der Waals surface area contributed by atoms with E-state index in [0.29, 0.717) is 11.0 Å². The van der Waals surface area contributed by atoms with Gasteiger partial charge in [0.05, 0.1) is 5.69 Å². The Morgan fingerprint density at radius 2 is 2.22 bits per heavy atom. The predicted molar refractivity (Wildman–Crippen MR) is 76.9 cm³/mol. The molecule has 96 valence electrons. The van der Waals surface area contributed by atoms with E-state index in [0.717, 1.165) is 31.1 Å². The zero-order valence-corrected chi connectivity index (χ0v) is 11.2. The summed E-state index contributed by atoms with van der Waals surface area (Å²) in [6.07, 6.45) is 2.64. The van der Waals surface area contributed by atoms with Gasteiger partial charge in [-0.05, 0) is 31.5 Å². The van der Waals surface area contributed by atoms with E-state index in [9.17, 15) is 0 Å². The van der Waals surface area contributed by atoms with Crippen LogP contribution in [0.3, 0.4) is 0 Å². The molecule has 3 rings (SSSR count). The average molecular weight is 262 g/mol. The molecule has 2 N–H and O–H groups in total. The zero-order chi connectivity index (χ0) is 12.5. The topological polar surface area (TPSA) is 45.4 Å². The molecule has 0 amide bonds. The van der Waals surface area contributed by atoms with Gasteiger partial charge in [-0.3, -0.25) is 4.90 Å². The summed E-state index contributed by atoms with van der Waals surface area (Å²) < 4.78 is 0. The van der Waals surface area contributed by atoms with E-state index in [4.69, 9.17) is 18.0 Å². The summed E-state index contributed by atoms with van der Waals surface area (Å²) >= 11 is 4.99. The van der Waals surface area contributed by atoms with Crippen molar-refractivity contribution in [3.8, 4) is 0 Å². The summed E-state index contributed by atoms with van der Waals surface area (Å²) in [6, 6.07) is 6.61. The summed E-state index contributed by atoms with van der Waals surface area (Å²) in [5.74, 6) is 1.01. The number of piperazine rings is 1. The van der Waals surface area contributed by atoms with Crippen molar-refractivity contribution in [3.63, 3.8) is 0 Å². The summed E-state index contributed by atoms with van der Waals surface area (Å²) in [6.45, 7) is 4.53. The Kier molecular flexibility index (Phi) is 3.18. The second-order valence-corrected chi connectivity index (χ2v) is 5.46. The quantitative estimate of drug-likeness (QED) is 0.806. The summed E-state index contributed by atoms with van der Waals surface area (Å²) in [5.41, 5.74) is 6.36. The number of hydrogen-bond donors (Lipinski definition) is 1. The first-order valence-corrected chi connectivity index (χ1v) is 6.91. The Morgan fingerprint density at radius 3 is 3.06 bits per heavy atom. The first kappa shape index (κ1) is 11.9. The Morgan fingerprint density at radius 1 is 1.33 bits per heavy atom. The number of hydrogen-bond acceptors (Lipinski definition) is 4. The van der Waals surface area contributed by atoms with Gasteiger partial charge >= 0.3 is 0 Å². The summed E-state index contributed by atoms with van der Waals surface area (Å²) in [4.78, 5) is 9.87. The SMILES string of the molecule is NC(=S)c1cccc(N2CCN3CCCC3C2)n1. The van der Waals surface area contributed by atoms with Gasteiger partial charge in [0.1, 0.15) is 10.8 Å². The van der Waals surface area contributed by atoms with Crippen molar-refractivity contribution >= 4 is 23.0 Å². The van der Waals surface area contributed by atoms with Crippen LogP contribution in [0, 0.1) is 0 Å². The standard InChI is InChI=1S/C13H18N4S/c14-13(18)11-4-1-5-12(15-11)17-8-7-16-6-2-3-10(16)9-17/h1,4-5,10H,2-3,6-9H2,(H2,14,18). The van der Waals surface area contributed by atoms with E-state index in [1.807, 2.05) is 18.2 Å². The highest BCUT2D eigenvalue weighted by molar-refractivity contribution is 7.80. The molecule has 18 heavy (non-hydrogen) atoms. The number of fused-ring (bicyclic) bond motifs is 1. The number of nitrogens with zero attached hydrogens (tertiary/aromatic N) is 3. The number of anilines is 1. The maximum absolute atomic E-state index is 5.64. The van der Waals surface area contributed by atoms with Gasteiger partial charge in [-0.15, -0.1) is 0 Å². The van der Waals surface area contributed by atoms with Crippen molar-refractivity contribution < 1.29 is 0 Å². The normalized spacial score (nSPS) is 24.0. The van der Waals surface area contributed by atoms with Crippen LogP contribution in [0.4, 0.5) is 5.82 Å². The lowest BCUT2D eigenvalue weighted by Gasteiger charge is -2.38. The minimum Gasteiger partial charge on any atom is -0.388 e. The van der Waals surface area contributed by atoms with Crippen LogP contribution in [0.2, 0.25) is 0 Å². The van der Waals surface area contributed by atoms with E-state index < -0.39 is 0 Å². The van der Waals surface area contributed by atoms with Crippen molar-refractivity contribution in [1.82, 2.24) is 9.88 Å². The van der Waals surface area contributed by atoms with Gasteiger partial charge in [0.25, 0.3) is 0 Å². The molecule has 3 heterocycles. The van der Waals surface area contributed by atoms with Gasteiger partial charge in [0.2, 0.25) is 0 Å². The maximum atomic E-state index is 5.64. The molecule has 0 bridgehead atoms. The highest BCUT2D eigenvalue weighted by Gasteiger charge is 2.30. The number of rotatable bonds is 2. The minimum absolute atomic E-state index is 0.372. The van der Waals surface area contributed by atoms with E-state index >= 15 is 0 Å². The lowest BCUT2D eigenvalue weighted by Crippen LogP contribution is -2.50. The fraction of sp³-hybridized carbons (Fsp3) is 0.538. The Hall–Kier alpha value is -1.20. The summed E-state index contributed by atoms with van der Waals surface area (Å²) in [5, 5.41) is 0. The van der Waals surface area contributed by atoms with Crippen molar-refractivity contribution in [3.05, 3.63) is 23.9 Å². The van der Waals surface area contributed by atoms with Gasteiger partial charge in [-0.25, -0.2) is 4.98 Å². The van der Waals surface area contributed by atoms with Crippen LogP contribution in [-0.4, -0.2) is 47.1 Å². The third-order valence-electron chi connectivity index (χ3n) is 3.90. The molecule has 1 unspecified atom stereocenters. The molecule has 0 radical (unpaired) electrons. The minimum atomic E-state index is 0.372. The maximum Gasteiger partial charge on any atom is 0.129 e. The van der Waals surface area contributed by atoms with Gasteiger partial charge in [0, 0.05) is 25.7 Å². The first-order chi connectivity index (χ1) is 8.74. The van der Waals surface area contributed by atoms with Crippen LogP contribution in [0.15, 0.2) is 18.2 Å². The monoisotopic (exact) mass is 262 g/mol. The fourth-order valence-electron chi connectivity index (χ4n) is 2.94. The molecule has 0 saturated carbocycles. The summed E-state index contributed by atoms with van der Waals surface area (Å²) in [7, 11) is 0. The van der Waals surface area contributed by atoms with E-state index in [1.54, 1.807) is 0 Å². The number of thiocarbonyl (C=S) groups is 1. The third kappa shape index (κ3) is 2.20. The van der Waals surface area contributed by atoms with Gasteiger partial charge < -0.3 is 10.6 Å². The number of nitrogens with two attached hydrogens (primary N) is 1. The number of pyridine rings is 1. The molecule has 0 spiro atoms. The van der Waals surface area contributed by atoms with Crippen molar-refractivity contribution in [2.75, 3.05) is 31.1 Å². The number of aromatic nitrogens is 1. The first-order valence-electron chi connectivity index (χ1n) is 6.50. The highest BCUT2D eigenvalue weighted by atomic mass is 32.1. The molecule has 1 aromatic heterocycles. The Labute approximate surface area is 113 Å². The molecule has 2 saturated heterocycles. The fourth-order valence-corrected chi connectivity index (χ4v) is 3.05. The third-order valence-corrected chi connectivity index (χ3v) is 4.11. The van der Waals surface area contributed by atoms with E-state index in [2.05, 4.69) is 14.8 Å².